The van der Waals surface area contributed by atoms with E-state index in [0.717, 1.165) is 29.8 Å². The predicted octanol–water partition coefficient (Wildman–Crippen LogP) is 9.58. The molecule has 0 spiro atoms. The lowest BCUT2D eigenvalue weighted by Gasteiger charge is -2.49. The summed E-state index contributed by atoms with van der Waals surface area (Å²) >= 11 is 25.9. The van der Waals surface area contributed by atoms with Crippen molar-refractivity contribution in [3.05, 3.63) is 84.1 Å². The van der Waals surface area contributed by atoms with Gasteiger partial charge in [-0.2, -0.15) is 0 Å². The summed E-state index contributed by atoms with van der Waals surface area (Å²) in [5.41, 5.74) is 4.24. The zero-order chi connectivity index (χ0) is 29.1. The number of halogens is 4. The monoisotopic (exact) mass is 619 g/mol. The first-order valence-electron chi connectivity index (χ1n) is 13.6. The second-order valence-electron chi connectivity index (χ2n) is 12.6. The number of Topliss-reactive ketones (excluding diaryl/α,β-unsaturated/α-hetero) is 2. The predicted molar refractivity (Wildman–Crippen MR) is 162 cm³/mol. The van der Waals surface area contributed by atoms with E-state index in [2.05, 4.69) is 39.5 Å². The summed E-state index contributed by atoms with van der Waals surface area (Å²) in [7, 11) is 0. The number of allylic oxidation sites excluding steroid dienone is 4. The molecule has 0 aromatic heterocycles. The summed E-state index contributed by atoms with van der Waals surface area (Å²) < 4.78 is 6.35. The van der Waals surface area contributed by atoms with Crippen LogP contribution in [-0.4, -0.2) is 23.0 Å². The quantitative estimate of drug-likeness (QED) is 0.334. The van der Waals surface area contributed by atoms with Gasteiger partial charge in [-0.1, -0.05) is 80.2 Å². The molecule has 212 valence electrons. The minimum absolute atomic E-state index is 0.0432. The van der Waals surface area contributed by atoms with Crippen LogP contribution in [0.3, 0.4) is 0 Å². The topological polar surface area (TPSA) is 46.6 Å². The highest BCUT2D eigenvalue weighted by molar-refractivity contribution is 6.36. The van der Waals surface area contributed by atoms with E-state index in [1.165, 1.54) is 0 Å². The second kappa shape index (κ2) is 10.7. The van der Waals surface area contributed by atoms with Crippen molar-refractivity contribution in [2.45, 2.75) is 72.8 Å². The summed E-state index contributed by atoms with van der Waals surface area (Å²) in [6, 6.07) is 8.61. The lowest BCUT2D eigenvalue weighted by molar-refractivity contribution is -0.119. The van der Waals surface area contributed by atoms with Crippen LogP contribution in [0.4, 0.5) is 0 Å². The summed E-state index contributed by atoms with van der Waals surface area (Å²) in [5, 5.41) is 1.71. The van der Waals surface area contributed by atoms with E-state index in [1.54, 1.807) is 30.3 Å². The fourth-order valence-corrected chi connectivity index (χ4v) is 7.50. The number of ketones is 2. The Morgan fingerprint density at radius 3 is 1.88 bits per heavy atom. The minimum atomic E-state index is -0.619. The Bertz CT molecular complexity index is 1430. The van der Waals surface area contributed by atoms with E-state index >= 15 is 0 Å². The molecule has 40 heavy (non-hydrogen) atoms. The minimum Gasteiger partial charge on any atom is -0.487 e. The molecule has 0 amide bonds. The molecule has 0 unspecified atom stereocenters. The van der Waals surface area contributed by atoms with Gasteiger partial charge in [-0.3, -0.25) is 9.59 Å². The third-order valence-corrected chi connectivity index (χ3v) is 9.16. The van der Waals surface area contributed by atoms with Crippen molar-refractivity contribution in [2.75, 3.05) is 6.54 Å². The van der Waals surface area contributed by atoms with Crippen molar-refractivity contribution in [1.82, 2.24) is 4.90 Å². The van der Waals surface area contributed by atoms with Crippen molar-refractivity contribution in [1.29, 1.82) is 0 Å². The first-order valence-corrected chi connectivity index (χ1v) is 15.1. The highest BCUT2D eigenvalue weighted by Crippen LogP contribution is 2.56. The van der Waals surface area contributed by atoms with Gasteiger partial charge >= 0.3 is 0 Å². The highest BCUT2D eigenvalue weighted by Gasteiger charge is 2.49. The average Bonchev–Trinajstić information content (AvgIpc) is 2.81. The van der Waals surface area contributed by atoms with Crippen LogP contribution in [0.15, 0.2) is 52.9 Å². The molecule has 0 saturated heterocycles. The van der Waals surface area contributed by atoms with Crippen LogP contribution in [0, 0.1) is 10.8 Å². The molecule has 5 rings (SSSR count). The normalized spacial score (nSPS) is 20.6. The fourth-order valence-electron chi connectivity index (χ4n) is 6.48. The molecule has 0 saturated carbocycles. The van der Waals surface area contributed by atoms with Crippen LogP contribution in [0.2, 0.25) is 20.1 Å². The molecular formula is C32H33Cl4NO3. The third kappa shape index (κ3) is 5.45. The maximum Gasteiger partial charge on any atom is 0.162 e. The van der Waals surface area contributed by atoms with Crippen LogP contribution in [-0.2, 0) is 16.2 Å². The number of rotatable bonds is 5. The van der Waals surface area contributed by atoms with Gasteiger partial charge in [-0.05, 0) is 54.9 Å². The lowest BCUT2D eigenvalue weighted by atomic mass is 9.63. The average molecular weight is 621 g/mol. The van der Waals surface area contributed by atoms with Crippen molar-refractivity contribution in [2.24, 2.45) is 10.8 Å². The van der Waals surface area contributed by atoms with E-state index in [9.17, 15) is 9.59 Å². The van der Waals surface area contributed by atoms with Crippen LogP contribution in [0.25, 0.3) is 0 Å². The van der Waals surface area contributed by atoms with Crippen molar-refractivity contribution >= 4 is 58.0 Å². The molecule has 0 bridgehead atoms. The number of hydrogen-bond donors (Lipinski definition) is 0. The van der Waals surface area contributed by atoms with Gasteiger partial charge in [-0.15, -0.1) is 0 Å². The molecule has 1 aliphatic heterocycles. The Morgan fingerprint density at radius 1 is 0.800 bits per heavy atom. The van der Waals surface area contributed by atoms with E-state index in [4.69, 9.17) is 51.1 Å². The molecule has 8 heteroatoms. The summed E-state index contributed by atoms with van der Waals surface area (Å²) in [6.45, 7) is 11.4. The SMILES string of the molecule is CCN1C2=C(C(=O)CC(C)(C)C2)C(c2cc(Cl)cc(Cl)c2OCc2ccc(Cl)cc2Cl)C2=C1CC(C)(C)CC2=O. The van der Waals surface area contributed by atoms with Gasteiger partial charge in [0.2, 0.25) is 0 Å². The fraction of sp³-hybridized carbons (Fsp3) is 0.438. The van der Waals surface area contributed by atoms with Gasteiger partial charge in [0.15, 0.2) is 11.6 Å². The Kier molecular flexibility index (Phi) is 7.89. The van der Waals surface area contributed by atoms with E-state index in [1.807, 2.05) is 0 Å². The zero-order valence-electron chi connectivity index (χ0n) is 23.4. The lowest BCUT2D eigenvalue weighted by Crippen LogP contribution is -2.44. The highest BCUT2D eigenvalue weighted by atomic mass is 35.5. The molecule has 2 aromatic carbocycles. The number of carbonyl (C=O) groups is 2. The van der Waals surface area contributed by atoms with Crippen LogP contribution in [0.1, 0.15) is 77.3 Å². The molecule has 2 aromatic rings. The maximum absolute atomic E-state index is 14.0. The molecule has 0 fully saturated rings. The van der Waals surface area contributed by atoms with Gasteiger partial charge in [0.05, 0.1) is 5.02 Å². The summed E-state index contributed by atoms with van der Waals surface area (Å²) in [5.74, 6) is -0.142. The summed E-state index contributed by atoms with van der Waals surface area (Å²) in [4.78, 5) is 30.2. The Hall–Kier alpha value is -1.98. The van der Waals surface area contributed by atoms with Gasteiger partial charge in [0.25, 0.3) is 0 Å². The van der Waals surface area contributed by atoms with E-state index in [0.29, 0.717) is 61.9 Å². The van der Waals surface area contributed by atoms with Crippen molar-refractivity contribution in [3.8, 4) is 5.75 Å². The first kappa shape index (κ1) is 29.5. The third-order valence-electron chi connectivity index (χ3n) is 8.07. The van der Waals surface area contributed by atoms with Gasteiger partial charge in [0, 0.05) is 74.0 Å². The van der Waals surface area contributed by atoms with Crippen LogP contribution >= 0.6 is 46.4 Å². The Balaban J connectivity index is 1.72. The number of benzene rings is 2. The molecule has 3 aliphatic rings. The molecule has 4 nitrogen and oxygen atoms in total. The molecule has 0 atom stereocenters. The standard InChI is InChI=1S/C32H33Cl4NO3/c1-6-37-23-12-31(2,3)14-25(38)28(23)27(29-24(37)13-32(4,5)15-26(29)39)20-9-19(34)11-22(36)30(20)40-16-17-7-8-18(33)10-21(17)35/h7-11,27H,6,12-16H2,1-5H3. The zero-order valence-corrected chi connectivity index (χ0v) is 26.4. The Morgan fingerprint density at radius 2 is 1.35 bits per heavy atom. The molecule has 1 heterocycles. The van der Waals surface area contributed by atoms with Gasteiger partial charge in [0.1, 0.15) is 12.4 Å². The maximum atomic E-state index is 14.0. The Labute approximate surface area is 256 Å². The second-order valence-corrected chi connectivity index (χ2v) is 14.3. The van der Waals surface area contributed by atoms with Crippen molar-refractivity contribution in [3.63, 3.8) is 0 Å². The van der Waals surface area contributed by atoms with Gasteiger partial charge < -0.3 is 9.64 Å². The summed E-state index contributed by atoms with van der Waals surface area (Å²) in [6.07, 6.45) is 2.25. The van der Waals surface area contributed by atoms with E-state index in [-0.39, 0.29) is 29.0 Å². The van der Waals surface area contributed by atoms with Crippen molar-refractivity contribution < 1.29 is 14.3 Å². The molecule has 0 radical (unpaired) electrons. The first-order chi connectivity index (χ1) is 18.7. The largest absolute Gasteiger partial charge is 0.487 e. The van der Waals surface area contributed by atoms with Gasteiger partial charge in [-0.25, -0.2) is 0 Å². The molecule has 2 aliphatic carbocycles. The smallest absolute Gasteiger partial charge is 0.162 e. The van der Waals surface area contributed by atoms with E-state index < -0.39 is 5.92 Å². The molecular weight excluding hydrogens is 588 g/mol. The number of carbonyl (C=O) groups excluding carboxylic acids is 2. The number of nitrogens with zero attached hydrogens (tertiary/aromatic N) is 1. The number of ether oxygens (including phenoxy) is 1. The van der Waals surface area contributed by atoms with Crippen LogP contribution < -0.4 is 4.74 Å². The number of hydrogen-bond acceptors (Lipinski definition) is 4. The molecule has 0 N–H and O–H groups in total. The van der Waals surface area contributed by atoms with Crippen LogP contribution in [0.5, 0.6) is 5.75 Å².